The highest BCUT2D eigenvalue weighted by Crippen LogP contribution is 2.37. The summed E-state index contributed by atoms with van der Waals surface area (Å²) in [7, 11) is 1.43. The Kier molecular flexibility index (Phi) is 9.55. The van der Waals surface area contributed by atoms with E-state index in [1.165, 1.54) is 7.11 Å². The maximum Gasteiger partial charge on any atom is 0.421 e. The largest absolute Gasteiger partial charge is 0.495 e. The van der Waals surface area contributed by atoms with E-state index in [1.54, 1.807) is 39.9 Å². The number of methoxy groups -OCH3 is 1. The fraction of sp³-hybridized carbons (Fsp3) is 0.500. The molecule has 6 rings (SSSR count). The zero-order valence-electron chi connectivity index (χ0n) is 26.4. The molecule has 1 saturated carbocycles. The SMILES string of the molecule is CCN1CCn2ccc(Nc3nc(Nc4ccc(C(=O)NC5CCC(N6CCOCC6)CC5)cc4OC)ncc3C(F)(F)F)c2C1=O. The van der Waals surface area contributed by atoms with Gasteiger partial charge in [0.15, 0.2) is 0 Å². The fourth-order valence-electron chi connectivity index (χ4n) is 6.50. The Balaban J connectivity index is 1.15. The molecular weight excluding hydrogens is 617 g/mol. The number of amides is 2. The van der Waals surface area contributed by atoms with E-state index < -0.39 is 17.6 Å². The highest BCUT2D eigenvalue weighted by atomic mass is 19.4. The lowest BCUT2D eigenvalue weighted by molar-refractivity contribution is -0.137. The summed E-state index contributed by atoms with van der Waals surface area (Å²) in [5, 5.41) is 8.77. The Labute approximate surface area is 270 Å². The first-order valence-electron chi connectivity index (χ1n) is 15.9. The summed E-state index contributed by atoms with van der Waals surface area (Å²) in [5.41, 5.74) is 0.140. The first-order chi connectivity index (χ1) is 22.6. The van der Waals surface area contributed by atoms with Crippen molar-refractivity contribution in [1.82, 2.24) is 29.7 Å². The minimum absolute atomic E-state index is 0.0711. The van der Waals surface area contributed by atoms with Crippen molar-refractivity contribution in [3.05, 3.63) is 53.5 Å². The molecule has 3 N–H and O–H groups in total. The molecule has 15 heteroatoms. The number of halogens is 3. The molecule has 1 aromatic carbocycles. The summed E-state index contributed by atoms with van der Waals surface area (Å²) in [6.45, 7) is 6.81. The second-order valence-corrected chi connectivity index (χ2v) is 11.9. The van der Waals surface area contributed by atoms with Crippen LogP contribution in [0.1, 0.15) is 59.0 Å². The van der Waals surface area contributed by atoms with Crippen molar-refractivity contribution in [3.8, 4) is 5.75 Å². The summed E-state index contributed by atoms with van der Waals surface area (Å²) in [4.78, 5) is 38.3. The van der Waals surface area contributed by atoms with Crippen LogP contribution in [0.15, 0.2) is 36.7 Å². The van der Waals surface area contributed by atoms with E-state index >= 15 is 0 Å². The van der Waals surface area contributed by atoms with E-state index in [2.05, 4.69) is 30.8 Å². The van der Waals surface area contributed by atoms with Gasteiger partial charge in [0, 0.05) is 62.8 Å². The molecule has 1 aliphatic carbocycles. The first kappa shape index (κ1) is 32.6. The van der Waals surface area contributed by atoms with Gasteiger partial charge in [-0.3, -0.25) is 14.5 Å². The monoisotopic (exact) mass is 656 g/mol. The van der Waals surface area contributed by atoms with Crippen molar-refractivity contribution in [2.45, 2.75) is 57.4 Å². The number of morpholine rings is 1. The van der Waals surface area contributed by atoms with Gasteiger partial charge in [0.25, 0.3) is 11.8 Å². The minimum atomic E-state index is -4.76. The van der Waals surface area contributed by atoms with Crippen molar-refractivity contribution >= 4 is 35.0 Å². The Hall–Kier alpha value is -4.37. The van der Waals surface area contributed by atoms with Gasteiger partial charge < -0.3 is 34.9 Å². The van der Waals surface area contributed by atoms with E-state index in [-0.39, 0.29) is 35.2 Å². The van der Waals surface area contributed by atoms with Gasteiger partial charge in [0.1, 0.15) is 22.8 Å². The van der Waals surface area contributed by atoms with Crippen molar-refractivity contribution in [2.24, 2.45) is 0 Å². The molecule has 2 amide bonds. The van der Waals surface area contributed by atoms with Gasteiger partial charge in [-0.25, -0.2) is 4.98 Å². The molecule has 0 radical (unpaired) electrons. The molecule has 2 aromatic heterocycles. The fourth-order valence-corrected chi connectivity index (χ4v) is 6.50. The predicted molar refractivity (Wildman–Crippen MR) is 169 cm³/mol. The third-order valence-corrected chi connectivity index (χ3v) is 9.10. The number of anilines is 4. The van der Waals surface area contributed by atoms with Crippen molar-refractivity contribution < 1.29 is 32.2 Å². The highest BCUT2D eigenvalue weighted by Gasteiger charge is 2.36. The van der Waals surface area contributed by atoms with E-state index in [1.807, 2.05) is 6.92 Å². The predicted octanol–water partition coefficient (Wildman–Crippen LogP) is 4.64. The van der Waals surface area contributed by atoms with Crippen molar-refractivity contribution in [1.29, 1.82) is 0 Å². The van der Waals surface area contributed by atoms with E-state index in [4.69, 9.17) is 9.47 Å². The molecule has 12 nitrogen and oxygen atoms in total. The van der Waals surface area contributed by atoms with Crippen LogP contribution in [0.25, 0.3) is 0 Å². The number of hydrogen-bond donors (Lipinski definition) is 3. The molecule has 252 valence electrons. The Morgan fingerprint density at radius 1 is 1.04 bits per heavy atom. The average molecular weight is 657 g/mol. The van der Waals surface area contributed by atoms with E-state index in [0.717, 1.165) is 52.0 Å². The lowest BCUT2D eigenvalue weighted by Gasteiger charge is -2.38. The van der Waals surface area contributed by atoms with Gasteiger partial charge >= 0.3 is 6.18 Å². The molecule has 0 spiro atoms. The molecule has 4 heterocycles. The van der Waals surface area contributed by atoms with Crippen LogP contribution < -0.4 is 20.7 Å². The maximum atomic E-state index is 14.0. The lowest BCUT2D eigenvalue weighted by atomic mass is 9.89. The maximum absolute atomic E-state index is 14.0. The van der Waals surface area contributed by atoms with Gasteiger partial charge in [-0.1, -0.05) is 0 Å². The molecule has 47 heavy (non-hydrogen) atoms. The first-order valence-corrected chi connectivity index (χ1v) is 15.9. The van der Waals surface area contributed by atoms with Crippen molar-refractivity contribution in [2.75, 3.05) is 57.1 Å². The van der Waals surface area contributed by atoms with E-state index in [0.29, 0.717) is 48.9 Å². The van der Waals surface area contributed by atoms with Crippen LogP contribution >= 0.6 is 0 Å². The minimum Gasteiger partial charge on any atom is -0.495 e. The number of nitrogens with zero attached hydrogens (tertiary/aromatic N) is 5. The second kappa shape index (κ2) is 13.8. The Morgan fingerprint density at radius 3 is 2.51 bits per heavy atom. The van der Waals surface area contributed by atoms with Crippen molar-refractivity contribution in [3.63, 3.8) is 0 Å². The standard InChI is InChI=1S/C32H39F3N8O4/c1-3-41-12-13-43-11-10-25(27(43)30(41)45)38-28-23(32(33,34)35)19-36-31(40-28)39-24-9-4-20(18-26(24)46-2)29(44)37-21-5-7-22(8-6-21)42-14-16-47-17-15-42/h4,9-11,18-19,21-22H,3,5-8,12-17H2,1-2H3,(H,37,44)(H2,36,38,39,40). The van der Waals surface area contributed by atoms with Gasteiger partial charge in [0.05, 0.1) is 31.7 Å². The third-order valence-electron chi connectivity index (χ3n) is 9.10. The smallest absolute Gasteiger partial charge is 0.421 e. The molecule has 0 unspecified atom stereocenters. The number of benzene rings is 1. The van der Waals surface area contributed by atoms with Crippen LogP contribution in [-0.4, -0.2) is 94.7 Å². The van der Waals surface area contributed by atoms with Gasteiger partial charge in [0.2, 0.25) is 5.95 Å². The van der Waals surface area contributed by atoms with Crippen LogP contribution in [-0.2, 0) is 17.5 Å². The number of alkyl halides is 3. The Bertz CT molecular complexity index is 1600. The zero-order valence-corrected chi connectivity index (χ0v) is 26.4. The molecule has 2 aliphatic heterocycles. The van der Waals surface area contributed by atoms with Crippen LogP contribution in [0.4, 0.5) is 36.3 Å². The quantitative estimate of drug-likeness (QED) is 0.302. The molecule has 0 bridgehead atoms. The number of hydrogen-bond acceptors (Lipinski definition) is 9. The number of likely N-dealkylation sites (N-methyl/N-ethyl adjacent to an activating group) is 1. The molecule has 1 saturated heterocycles. The number of nitrogens with one attached hydrogen (secondary N) is 3. The van der Waals surface area contributed by atoms with Gasteiger partial charge in [-0.15, -0.1) is 0 Å². The number of fused-ring (bicyclic) bond motifs is 1. The summed E-state index contributed by atoms with van der Waals surface area (Å²) in [5.74, 6) is -0.861. The molecule has 3 aromatic rings. The number of ether oxygens (including phenoxy) is 2. The van der Waals surface area contributed by atoms with Crippen LogP contribution in [0.3, 0.4) is 0 Å². The van der Waals surface area contributed by atoms with E-state index in [9.17, 15) is 22.8 Å². The summed E-state index contributed by atoms with van der Waals surface area (Å²) < 4.78 is 54.7. The number of aromatic nitrogens is 3. The number of carbonyl (C=O) groups excluding carboxylic acids is 2. The number of rotatable bonds is 9. The highest BCUT2D eigenvalue weighted by molar-refractivity contribution is 5.99. The van der Waals surface area contributed by atoms with Gasteiger partial charge in [-0.2, -0.15) is 18.2 Å². The molecule has 2 fully saturated rings. The summed E-state index contributed by atoms with van der Waals surface area (Å²) in [6.07, 6.45) is 1.41. The van der Waals surface area contributed by atoms with Crippen LogP contribution in [0.5, 0.6) is 5.75 Å². The molecule has 0 atom stereocenters. The van der Waals surface area contributed by atoms with Gasteiger partial charge in [-0.05, 0) is 56.9 Å². The topological polar surface area (TPSA) is 126 Å². The second-order valence-electron chi connectivity index (χ2n) is 11.9. The molecule has 3 aliphatic rings. The number of carbonyl (C=O) groups is 2. The Morgan fingerprint density at radius 2 is 1.81 bits per heavy atom. The van der Waals surface area contributed by atoms with Crippen LogP contribution in [0, 0.1) is 0 Å². The third kappa shape index (κ3) is 7.15. The normalized spacial score (nSPS) is 20.4. The summed E-state index contributed by atoms with van der Waals surface area (Å²) >= 11 is 0. The van der Waals surface area contributed by atoms with Crippen LogP contribution in [0.2, 0.25) is 0 Å². The molecular formula is C32H39F3N8O4. The average Bonchev–Trinajstić information content (AvgIpc) is 3.48. The zero-order chi connectivity index (χ0) is 33.1. The summed E-state index contributed by atoms with van der Waals surface area (Å²) in [6, 6.07) is 6.93. The lowest BCUT2D eigenvalue weighted by Crippen LogP contribution is -2.47.